The van der Waals surface area contributed by atoms with Gasteiger partial charge >= 0.3 is 0 Å². The summed E-state index contributed by atoms with van der Waals surface area (Å²) in [5.74, 6) is -2.84. The summed E-state index contributed by atoms with van der Waals surface area (Å²) < 4.78 is 39.9. The molecule has 0 amide bonds. The van der Waals surface area contributed by atoms with Gasteiger partial charge in [0.05, 0.1) is 5.69 Å². The summed E-state index contributed by atoms with van der Waals surface area (Å²) in [6.45, 7) is 1.93. The summed E-state index contributed by atoms with van der Waals surface area (Å²) in [4.78, 5) is 7.78. The number of anilines is 3. The molecule has 0 bridgehead atoms. The number of nitrogen functional groups attached to an aromatic ring is 1. The van der Waals surface area contributed by atoms with Gasteiger partial charge in [0.1, 0.15) is 23.8 Å². The Labute approximate surface area is 113 Å². The van der Waals surface area contributed by atoms with Crippen molar-refractivity contribution >= 4 is 17.3 Å². The van der Waals surface area contributed by atoms with Gasteiger partial charge in [0.2, 0.25) is 0 Å². The SMILES string of the molecule is CCCc1c(N)ncnc1Nc1cc(F)cc(F)c1F. The molecule has 7 heteroatoms. The minimum Gasteiger partial charge on any atom is -0.383 e. The van der Waals surface area contributed by atoms with Crippen LogP contribution in [0.25, 0.3) is 0 Å². The van der Waals surface area contributed by atoms with Gasteiger partial charge in [-0.15, -0.1) is 0 Å². The molecule has 0 spiro atoms. The van der Waals surface area contributed by atoms with E-state index in [4.69, 9.17) is 5.73 Å². The summed E-state index contributed by atoms with van der Waals surface area (Å²) in [6, 6.07) is 1.33. The Hall–Kier alpha value is -2.31. The normalized spacial score (nSPS) is 10.6. The van der Waals surface area contributed by atoms with Crippen molar-refractivity contribution in [1.29, 1.82) is 0 Å². The molecule has 0 aliphatic rings. The van der Waals surface area contributed by atoms with Gasteiger partial charge in [-0.1, -0.05) is 13.3 Å². The van der Waals surface area contributed by atoms with Crippen LogP contribution in [0.15, 0.2) is 18.5 Å². The van der Waals surface area contributed by atoms with Gasteiger partial charge in [-0.25, -0.2) is 23.1 Å². The summed E-state index contributed by atoms with van der Waals surface area (Å²) in [6.07, 6.45) is 2.53. The lowest BCUT2D eigenvalue weighted by Crippen LogP contribution is -2.07. The van der Waals surface area contributed by atoms with E-state index in [1.54, 1.807) is 0 Å². The molecule has 0 saturated heterocycles. The fourth-order valence-corrected chi connectivity index (χ4v) is 1.80. The number of aromatic nitrogens is 2. The first-order chi connectivity index (χ1) is 9.52. The smallest absolute Gasteiger partial charge is 0.182 e. The first-order valence-corrected chi connectivity index (χ1v) is 6.03. The van der Waals surface area contributed by atoms with Gasteiger partial charge in [-0.3, -0.25) is 0 Å². The third kappa shape index (κ3) is 2.81. The Bertz CT molecular complexity index is 631. The van der Waals surface area contributed by atoms with E-state index >= 15 is 0 Å². The number of benzene rings is 1. The largest absolute Gasteiger partial charge is 0.383 e. The second kappa shape index (κ2) is 5.77. The summed E-state index contributed by atoms with van der Waals surface area (Å²) in [5, 5.41) is 2.56. The maximum Gasteiger partial charge on any atom is 0.182 e. The maximum atomic E-state index is 13.6. The molecule has 0 aliphatic carbocycles. The molecule has 3 N–H and O–H groups in total. The molecule has 4 nitrogen and oxygen atoms in total. The Balaban J connectivity index is 2.42. The van der Waals surface area contributed by atoms with Crippen molar-refractivity contribution in [2.24, 2.45) is 0 Å². The van der Waals surface area contributed by atoms with Gasteiger partial charge < -0.3 is 11.1 Å². The highest BCUT2D eigenvalue weighted by Crippen LogP contribution is 2.26. The molecule has 1 heterocycles. The molecular formula is C13H13F3N4. The van der Waals surface area contributed by atoms with Crippen molar-refractivity contribution in [2.75, 3.05) is 11.1 Å². The number of nitrogens with zero attached hydrogens (tertiary/aromatic N) is 2. The van der Waals surface area contributed by atoms with Crippen LogP contribution in [-0.2, 0) is 6.42 Å². The van der Waals surface area contributed by atoms with Crippen molar-refractivity contribution in [3.8, 4) is 0 Å². The molecule has 0 saturated carbocycles. The minimum absolute atomic E-state index is 0.239. The van der Waals surface area contributed by atoms with Crippen LogP contribution in [-0.4, -0.2) is 9.97 Å². The van der Waals surface area contributed by atoms with Crippen LogP contribution >= 0.6 is 0 Å². The average Bonchev–Trinajstić information content (AvgIpc) is 2.39. The maximum absolute atomic E-state index is 13.6. The molecular weight excluding hydrogens is 269 g/mol. The molecule has 1 aromatic carbocycles. The fraction of sp³-hybridized carbons (Fsp3) is 0.231. The van der Waals surface area contributed by atoms with Gasteiger partial charge in [-0.05, 0) is 6.42 Å². The molecule has 0 fully saturated rings. The fourth-order valence-electron chi connectivity index (χ4n) is 1.80. The molecule has 20 heavy (non-hydrogen) atoms. The van der Waals surface area contributed by atoms with E-state index in [1.807, 2.05) is 6.92 Å². The van der Waals surface area contributed by atoms with Crippen molar-refractivity contribution in [2.45, 2.75) is 19.8 Å². The summed E-state index contributed by atoms with van der Waals surface area (Å²) >= 11 is 0. The number of nitrogens with two attached hydrogens (primary N) is 1. The predicted octanol–water partition coefficient (Wildman–Crippen LogP) is 3.17. The Morgan fingerprint density at radius 2 is 1.95 bits per heavy atom. The number of nitrogens with one attached hydrogen (secondary N) is 1. The minimum atomic E-state index is -1.27. The lowest BCUT2D eigenvalue weighted by Gasteiger charge is -2.12. The lowest BCUT2D eigenvalue weighted by atomic mass is 10.1. The molecule has 106 valence electrons. The highest BCUT2D eigenvalue weighted by Gasteiger charge is 2.14. The van der Waals surface area contributed by atoms with Crippen LogP contribution in [0.4, 0.5) is 30.5 Å². The molecule has 2 aromatic rings. The summed E-state index contributed by atoms with van der Waals surface area (Å²) in [5.41, 5.74) is 5.97. The Morgan fingerprint density at radius 1 is 1.20 bits per heavy atom. The number of rotatable bonds is 4. The number of hydrogen-bond acceptors (Lipinski definition) is 4. The molecule has 0 aliphatic heterocycles. The number of hydrogen-bond donors (Lipinski definition) is 2. The van der Waals surface area contributed by atoms with E-state index < -0.39 is 17.5 Å². The van der Waals surface area contributed by atoms with Gasteiger partial charge in [0, 0.05) is 17.7 Å². The average molecular weight is 282 g/mol. The van der Waals surface area contributed by atoms with E-state index in [0.29, 0.717) is 18.1 Å². The quantitative estimate of drug-likeness (QED) is 0.845. The standard InChI is InChI=1S/C13H13F3N4/c1-2-3-8-12(17)18-6-19-13(8)20-10-5-7(14)4-9(15)11(10)16/h4-6H,2-3H2,1H3,(H3,17,18,19,20). The van der Waals surface area contributed by atoms with Crippen LogP contribution in [0.1, 0.15) is 18.9 Å². The van der Waals surface area contributed by atoms with Gasteiger partial charge in [-0.2, -0.15) is 0 Å². The van der Waals surface area contributed by atoms with Crippen molar-refractivity contribution in [3.05, 3.63) is 41.5 Å². The van der Waals surface area contributed by atoms with E-state index in [2.05, 4.69) is 15.3 Å². The molecule has 1 aromatic heterocycles. The van der Waals surface area contributed by atoms with Gasteiger partial charge in [0.15, 0.2) is 11.6 Å². The molecule has 0 radical (unpaired) electrons. The Kier molecular flexibility index (Phi) is 4.07. The topological polar surface area (TPSA) is 63.8 Å². The van der Waals surface area contributed by atoms with E-state index in [9.17, 15) is 13.2 Å². The van der Waals surface area contributed by atoms with Crippen LogP contribution < -0.4 is 11.1 Å². The Morgan fingerprint density at radius 3 is 2.65 bits per heavy atom. The van der Waals surface area contributed by atoms with Crippen LogP contribution in [0.2, 0.25) is 0 Å². The zero-order valence-corrected chi connectivity index (χ0v) is 10.8. The van der Waals surface area contributed by atoms with Crippen molar-refractivity contribution in [3.63, 3.8) is 0 Å². The third-order valence-electron chi connectivity index (χ3n) is 2.72. The molecule has 0 atom stereocenters. The molecule has 0 unspecified atom stereocenters. The predicted molar refractivity (Wildman–Crippen MR) is 70.0 cm³/mol. The van der Waals surface area contributed by atoms with E-state index in [0.717, 1.165) is 12.5 Å². The molecule has 2 rings (SSSR count). The third-order valence-corrected chi connectivity index (χ3v) is 2.72. The monoisotopic (exact) mass is 282 g/mol. The lowest BCUT2D eigenvalue weighted by molar-refractivity contribution is 0.498. The van der Waals surface area contributed by atoms with Crippen molar-refractivity contribution < 1.29 is 13.2 Å². The number of halogens is 3. The van der Waals surface area contributed by atoms with Crippen LogP contribution in [0.5, 0.6) is 0 Å². The van der Waals surface area contributed by atoms with Gasteiger partial charge in [0.25, 0.3) is 0 Å². The van der Waals surface area contributed by atoms with Crippen LogP contribution in [0, 0.1) is 17.5 Å². The van der Waals surface area contributed by atoms with Crippen molar-refractivity contribution in [1.82, 2.24) is 9.97 Å². The zero-order chi connectivity index (χ0) is 14.7. The zero-order valence-electron chi connectivity index (χ0n) is 10.8. The first-order valence-electron chi connectivity index (χ1n) is 6.03. The van der Waals surface area contributed by atoms with E-state index in [-0.39, 0.29) is 17.3 Å². The highest BCUT2D eigenvalue weighted by molar-refractivity contribution is 5.64. The second-order valence-electron chi connectivity index (χ2n) is 4.21. The first kappa shape index (κ1) is 14.1. The summed E-state index contributed by atoms with van der Waals surface area (Å²) in [7, 11) is 0. The highest BCUT2D eigenvalue weighted by atomic mass is 19.2. The second-order valence-corrected chi connectivity index (χ2v) is 4.21. The van der Waals surface area contributed by atoms with E-state index in [1.165, 1.54) is 6.33 Å². The van der Waals surface area contributed by atoms with Crippen LogP contribution in [0.3, 0.4) is 0 Å².